The summed E-state index contributed by atoms with van der Waals surface area (Å²) in [6, 6.07) is 5.98. The van der Waals surface area contributed by atoms with Crippen LogP contribution in [0.4, 0.5) is 0 Å². The Balaban J connectivity index is 2.23. The van der Waals surface area contributed by atoms with Crippen molar-refractivity contribution >= 4 is 16.8 Å². The van der Waals surface area contributed by atoms with Gasteiger partial charge >= 0.3 is 0 Å². The van der Waals surface area contributed by atoms with E-state index in [2.05, 4.69) is 18.8 Å². The van der Waals surface area contributed by atoms with Gasteiger partial charge in [-0.2, -0.15) is 0 Å². The monoisotopic (exact) mass is 268 g/mol. The van der Waals surface area contributed by atoms with Gasteiger partial charge in [0.25, 0.3) is 5.91 Å². The number of carbonyl (C=O) groups excluding carboxylic acids is 1. The van der Waals surface area contributed by atoms with Gasteiger partial charge in [-0.1, -0.05) is 18.2 Å². The fraction of sp³-hybridized carbons (Fsp3) is 0.250. The summed E-state index contributed by atoms with van der Waals surface area (Å²) >= 11 is 0. The largest absolute Gasteiger partial charge is 0.348 e. The Hall–Kier alpha value is -2.36. The number of hydrogen-bond acceptors (Lipinski definition) is 2. The summed E-state index contributed by atoms with van der Waals surface area (Å²) in [6.45, 7) is 6.00. The van der Waals surface area contributed by atoms with Gasteiger partial charge in [0.2, 0.25) is 5.43 Å². The van der Waals surface area contributed by atoms with Crippen molar-refractivity contribution in [3.05, 3.63) is 58.4 Å². The zero-order valence-corrected chi connectivity index (χ0v) is 11.3. The molecule has 1 N–H and O–H groups in total. The van der Waals surface area contributed by atoms with Gasteiger partial charge in [0, 0.05) is 24.2 Å². The van der Waals surface area contributed by atoms with Crippen molar-refractivity contribution in [3.63, 3.8) is 0 Å². The van der Waals surface area contributed by atoms with Crippen LogP contribution in [0.1, 0.15) is 28.9 Å². The standard InChI is InChI=1S/C16H16N2O2/c1-3-7-17-16(20)13-9-18-10(2)8-11-5-4-6-12(14(11)18)15(13)19/h3-6,9-10H,1,7-8H2,2H3,(H,17,20)/t10-/m0/s1. The quantitative estimate of drug-likeness (QED) is 0.866. The van der Waals surface area contributed by atoms with Crippen molar-refractivity contribution in [3.8, 4) is 0 Å². The van der Waals surface area contributed by atoms with E-state index in [1.807, 2.05) is 16.7 Å². The molecule has 2 aromatic rings. The molecule has 0 fully saturated rings. The Morgan fingerprint density at radius 2 is 2.35 bits per heavy atom. The molecule has 4 nitrogen and oxygen atoms in total. The summed E-state index contributed by atoms with van der Waals surface area (Å²) in [6.07, 6.45) is 4.18. The summed E-state index contributed by atoms with van der Waals surface area (Å²) in [7, 11) is 0. The fourth-order valence-electron chi connectivity index (χ4n) is 2.84. The zero-order valence-electron chi connectivity index (χ0n) is 11.3. The van der Waals surface area contributed by atoms with Gasteiger partial charge < -0.3 is 9.88 Å². The minimum atomic E-state index is -0.343. The highest BCUT2D eigenvalue weighted by molar-refractivity contribution is 5.98. The van der Waals surface area contributed by atoms with Gasteiger partial charge in [-0.15, -0.1) is 6.58 Å². The Kier molecular flexibility index (Phi) is 2.93. The smallest absolute Gasteiger partial charge is 0.257 e. The molecule has 102 valence electrons. The third-order valence-corrected chi connectivity index (χ3v) is 3.78. The lowest BCUT2D eigenvalue weighted by Crippen LogP contribution is -2.29. The molecule has 20 heavy (non-hydrogen) atoms. The molecule has 1 aliphatic rings. The highest BCUT2D eigenvalue weighted by atomic mass is 16.2. The van der Waals surface area contributed by atoms with Crippen LogP contribution in [-0.4, -0.2) is 17.0 Å². The molecule has 1 aromatic heterocycles. The molecule has 0 unspecified atom stereocenters. The van der Waals surface area contributed by atoms with Gasteiger partial charge in [-0.25, -0.2) is 0 Å². The number of carbonyl (C=O) groups is 1. The number of aromatic nitrogens is 1. The number of nitrogens with one attached hydrogen (secondary N) is 1. The number of amides is 1. The van der Waals surface area contributed by atoms with Crippen LogP contribution in [0.3, 0.4) is 0 Å². The van der Waals surface area contributed by atoms with Crippen LogP contribution < -0.4 is 10.7 Å². The molecule has 4 heteroatoms. The van der Waals surface area contributed by atoms with E-state index >= 15 is 0 Å². The first kappa shape index (κ1) is 12.7. The minimum absolute atomic E-state index is 0.199. The molecule has 0 bridgehead atoms. The maximum absolute atomic E-state index is 12.5. The van der Waals surface area contributed by atoms with Gasteiger partial charge in [0.15, 0.2) is 0 Å². The maximum atomic E-state index is 12.5. The molecule has 0 spiro atoms. The van der Waals surface area contributed by atoms with Crippen LogP contribution in [0.15, 0.2) is 41.8 Å². The molecule has 0 aliphatic carbocycles. The number of para-hydroxylation sites is 1. The van der Waals surface area contributed by atoms with Crippen LogP contribution >= 0.6 is 0 Å². The Morgan fingerprint density at radius 1 is 1.55 bits per heavy atom. The summed E-state index contributed by atoms with van der Waals surface area (Å²) in [5.41, 5.74) is 2.13. The molecule has 1 amide bonds. The number of benzene rings is 1. The second-order valence-electron chi connectivity index (χ2n) is 5.14. The third kappa shape index (κ3) is 1.76. The second-order valence-corrected chi connectivity index (χ2v) is 5.14. The molecule has 1 aromatic carbocycles. The van der Waals surface area contributed by atoms with E-state index in [-0.39, 0.29) is 22.9 Å². The normalized spacial score (nSPS) is 16.4. The minimum Gasteiger partial charge on any atom is -0.348 e. The molecule has 1 atom stereocenters. The predicted octanol–water partition coefficient (Wildman–Crippen LogP) is 2.03. The fourth-order valence-corrected chi connectivity index (χ4v) is 2.84. The van der Waals surface area contributed by atoms with Crippen molar-refractivity contribution in [2.24, 2.45) is 0 Å². The predicted molar refractivity (Wildman–Crippen MR) is 79.2 cm³/mol. The lowest BCUT2D eigenvalue weighted by atomic mass is 10.1. The van der Waals surface area contributed by atoms with E-state index in [1.54, 1.807) is 18.3 Å². The Bertz CT molecular complexity index is 774. The van der Waals surface area contributed by atoms with Crippen LogP contribution in [0.5, 0.6) is 0 Å². The summed E-state index contributed by atoms with van der Waals surface area (Å²) < 4.78 is 2.04. The first-order valence-electron chi connectivity index (χ1n) is 6.69. The van der Waals surface area contributed by atoms with Crippen LogP contribution in [-0.2, 0) is 6.42 Å². The molecule has 1 aliphatic heterocycles. The average molecular weight is 268 g/mol. The topological polar surface area (TPSA) is 51.1 Å². The molecule has 2 heterocycles. The molecule has 0 saturated carbocycles. The lowest BCUT2D eigenvalue weighted by Gasteiger charge is -2.12. The number of rotatable bonds is 3. The first-order chi connectivity index (χ1) is 9.63. The van der Waals surface area contributed by atoms with Crippen LogP contribution in [0, 0.1) is 0 Å². The summed E-state index contributed by atoms with van der Waals surface area (Å²) in [4.78, 5) is 24.6. The van der Waals surface area contributed by atoms with Crippen molar-refractivity contribution in [2.45, 2.75) is 19.4 Å². The molecule has 0 saturated heterocycles. The van der Waals surface area contributed by atoms with E-state index in [1.165, 1.54) is 5.56 Å². The number of pyridine rings is 1. The Labute approximate surface area is 116 Å². The van der Waals surface area contributed by atoms with E-state index in [0.29, 0.717) is 11.9 Å². The second kappa shape index (κ2) is 4.63. The van der Waals surface area contributed by atoms with Gasteiger partial charge in [-0.05, 0) is 25.0 Å². The van der Waals surface area contributed by atoms with E-state index < -0.39 is 0 Å². The van der Waals surface area contributed by atoms with Gasteiger partial charge in [0.1, 0.15) is 5.56 Å². The van der Waals surface area contributed by atoms with Gasteiger partial charge in [0.05, 0.1) is 5.52 Å². The van der Waals surface area contributed by atoms with E-state index in [4.69, 9.17) is 0 Å². The third-order valence-electron chi connectivity index (χ3n) is 3.78. The molecule has 0 radical (unpaired) electrons. The lowest BCUT2D eigenvalue weighted by molar-refractivity contribution is 0.0956. The number of nitrogens with zero attached hydrogens (tertiary/aromatic N) is 1. The number of hydrogen-bond donors (Lipinski definition) is 1. The van der Waals surface area contributed by atoms with Crippen molar-refractivity contribution in [1.29, 1.82) is 0 Å². The van der Waals surface area contributed by atoms with Gasteiger partial charge in [-0.3, -0.25) is 9.59 Å². The highest BCUT2D eigenvalue weighted by Crippen LogP contribution is 2.30. The average Bonchev–Trinajstić information content (AvgIpc) is 2.77. The van der Waals surface area contributed by atoms with Crippen LogP contribution in [0.25, 0.3) is 10.9 Å². The molecular formula is C16H16N2O2. The summed E-state index contributed by atoms with van der Waals surface area (Å²) in [5, 5.41) is 3.29. The first-order valence-corrected chi connectivity index (χ1v) is 6.69. The van der Waals surface area contributed by atoms with Crippen molar-refractivity contribution in [2.75, 3.05) is 6.54 Å². The highest BCUT2D eigenvalue weighted by Gasteiger charge is 2.23. The van der Waals surface area contributed by atoms with Crippen LogP contribution in [0.2, 0.25) is 0 Å². The Morgan fingerprint density at radius 3 is 3.10 bits per heavy atom. The molecule has 3 rings (SSSR count). The molecular weight excluding hydrogens is 252 g/mol. The summed E-state index contributed by atoms with van der Waals surface area (Å²) in [5.74, 6) is -0.343. The van der Waals surface area contributed by atoms with E-state index in [9.17, 15) is 9.59 Å². The van der Waals surface area contributed by atoms with E-state index in [0.717, 1.165) is 11.9 Å². The zero-order chi connectivity index (χ0) is 14.3. The SMILES string of the molecule is C=CCNC(=O)c1cn2c3c(cccc3c1=O)C[C@@H]2C. The van der Waals surface area contributed by atoms with Crippen molar-refractivity contribution < 1.29 is 4.79 Å². The maximum Gasteiger partial charge on any atom is 0.257 e. The van der Waals surface area contributed by atoms with Crippen molar-refractivity contribution in [1.82, 2.24) is 9.88 Å².